The summed E-state index contributed by atoms with van der Waals surface area (Å²) < 4.78 is 0. The topological polar surface area (TPSA) is 31.4 Å². The molecule has 0 bridgehead atoms. The molecule has 1 heterocycles. The van der Waals surface area contributed by atoms with Crippen LogP contribution in [0.5, 0.6) is 5.88 Å². The summed E-state index contributed by atoms with van der Waals surface area (Å²) in [6.45, 7) is 2.03. The van der Waals surface area contributed by atoms with E-state index in [0.717, 1.165) is 10.8 Å². The van der Waals surface area contributed by atoms with Crippen LogP contribution in [0.2, 0.25) is 0 Å². The molecular formula is C11H11NO2. The summed E-state index contributed by atoms with van der Waals surface area (Å²) in [5.74, 6) is 0.508. The van der Waals surface area contributed by atoms with Gasteiger partial charge in [0.2, 0.25) is 0 Å². The van der Waals surface area contributed by atoms with Crippen LogP contribution in [0.4, 0.5) is 0 Å². The van der Waals surface area contributed by atoms with Crippen molar-refractivity contribution in [1.29, 1.82) is 0 Å². The first-order valence-corrected chi connectivity index (χ1v) is 4.37. The number of hydrogen-bond donors (Lipinski definition) is 0. The molecule has 0 aliphatic carbocycles. The fraction of sp³-hybridized carbons (Fsp3) is 0.182. The van der Waals surface area contributed by atoms with E-state index in [1.165, 1.54) is 12.7 Å². The summed E-state index contributed by atoms with van der Waals surface area (Å²) in [4.78, 5) is 13.7. The lowest BCUT2D eigenvalue weighted by molar-refractivity contribution is -0.180. The maximum absolute atomic E-state index is 4.96. The third-order valence-corrected chi connectivity index (χ3v) is 2.05. The molecule has 0 spiro atoms. The molecule has 72 valence electrons. The third-order valence-electron chi connectivity index (χ3n) is 2.05. The van der Waals surface area contributed by atoms with Crippen LogP contribution in [0.3, 0.4) is 0 Å². The highest BCUT2D eigenvalue weighted by molar-refractivity contribution is 5.87. The Morgan fingerprint density at radius 1 is 1.21 bits per heavy atom. The van der Waals surface area contributed by atoms with Gasteiger partial charge in [0.05, 0.1) is 7.11 Å². The lowest BCUT2D eigenvalue weighted by atomic mass is 10.1. The third kappa shape index (κ3) is 1.54. The van der Waals surface area contributed by atoms with Crippen LogP contribution < -0.4 is 4.89 Å². The highest BCUT2D eigenvalue weighted by atomic mass is 17.2. The van der Waals surface area contributed by atoms with Gasteiger partial charge in [-0.2, -0.15) is 4.89 Å². The van der Waals surface area contributed by atoms with Gasteiger partial charge in [-0.1, -0.05) is 17.7 Å². The zero-order chi connectivity index (χ0) is 9.97. The van der Waals surface area contributed by atoms with Gasteiger partial charge in [0.15, 0.2) is 0 Å². The molecule has 2 rings (SSSR count). The van der Waals surface area contributed by atoms with Gasteiger partial charge >= 0.3 is 0 Å². The number of aromatic nitrogens is 1. The Labute approximate surface area is 82.2 Å². The molecule has 3 nitrogen and oxygen atoms in total. The van der Waals surface area contributed by atoms with E-state index < -0.39 is 0 Å². The Balaban J connectivity index is 2.64. The lowest BCUT2D eigenvalue weighted by Crippen LogP contribution is -1.94. The fourth-order valence-electron chi connectivity index (χ4n) is 1.40. The van der Waals surface area contributed by atoms with Crippen LogP contribution in [0.1, 0.15) is 5.56 Å². The van der Waals surface area contributed by atoms with E-state index in [9.17, 15) is 0 Å². The van der Waals surface area contributed by atoms with E-state index in [-0.39, 0.29) is 0 Å². The summed E-state index contributed by atoms with van der Waals surface area (Å²) in [6.07, 6.45) is 1.70. The SMILES string of the molecule is COOc1nccc2ccc(C)cc12. The van der Waals surface area contributed by atoms with Gasteiger partial charge in [0, 0.05) is 11.6 Å². The molecular weight excluding hydrogens is 178 g/mol. The molecule has 0 atom stereocenters. The molecule has 0 radical (unpaired) electrons. The quantitative estimate of drug-likeness (QED) is 0.537. The second-order valence-corrected chi connectivity index (χ2v) is 3.09. The number of benzene rings is 1. The van der Waals surface area contributed by atoms with Gasteiger partial charge in [0.1, 0.15) is 0 Å². The van der Waals surface area contributed by atoms with Crippen LogP contribution in [0, 0.1) is 6.92 Å². The highest BCUT2D eigenvalue weighted by Gasteiger charge is 2.03. The van der Waals surface area contributed by atoms with Crippen molar-refractivity contribution in [3.63, 3.8) is 0 Å². The molecule has 0 unspecified atom stereocenters. The van der Waals surface area contributed by atoms with Crippen LogP contribution in [-0.2, 0) is 4.89 Å². The van der Waals surface area contributed by atoms with Gasteiger partial charge < -0.3 is 4.89 Å². The number of rotatable bonds is 2. The molecule has 3 heteroatoms. The number of pyridine rings is 1. The van der Waals surface area contributed by atoms with E-state index in [4.69, 9.17) is 4.89 Å². The Morgan fingerprint density at radius 3 is 2.86 bits per heavy atom. The molecule has 0 fully saturated rings. The van der Waals surface area contributed by atoms with Crippen molar-refractivity contribution in [2.75, 3.05) is 7.11 Å². The number of hydrogen-bond acceptors (Lipinski definition) is 3. The van der Waals surface area contributed by atoms with Crippen molar-refractivity contribution in [2.24, 2.45) is 0 Å². The Bertz CT molecular complexity index is 454. The molecule has 0 N–H and O–H groups in total. The molecule has 1 aromatic heterocycles. The van der Waals surface area contributed by atoms with Crippen molar-refractivity contribution in [2.45, 2.75) is 6.92 Å². The molecule has 2 aromatic rings. The molecule has 0 aliphatic heterocycles. The number of aryl methyl sites for hydroxylation is 1. The first kappa shape index (κ1) is 8.97. The van der Waals surface area contributed by atoms with E-state index in [1.807, 2.05) is 25.1 Å². The zero-order valence-corrected chi connectivity index (χ0v) is 8.15. The second-order valence-electron chi connectivity index (χ2n) is 3.09. The predicted octanol–water partition coefficient (Wildman–Crippen LogP) is 2.48. The Kier molecular flexibility index (Phi) is 2.33. The molecule has 0 amide bonds. The maximum Gasteiger partial charge on any atom is 0.264 e. The van der Waals surface area contributed by atoms with Crippen LogP contribution in [-0.4, -0.2) is 12.1 Å². The summed E-state index contributed by atoms with van der Waals surface area (Å²) >= 11 is 0. The van der Waals surface area contributed by atoms with Crippen LogP contribution >= 0.6 is 0 Å². The first-order valence-electron chi connectivity index (χ1n) is 4.37. The average molecular weight is 189 g/mol. The number of fused-ring (bicyclic) bond motifs is 1. The van der Waals surface area contributed by atoms with Crippen LogP contribution in [0.15, 0.2) is 30.5 Å². The standard InChI is InChI=1S/C11H11NO2/c1-8-3-4-9-5-6-12-11(14-13-2)10(9)7-8/h3-7H,1-2H3. The minimum Gasteiger partial charge on any atom is -0.316 e. The average Bonchev–Trinajstić information content (AvgIpc) is 2.19. The van der Waals surface area contributed by atoms with Gasteiger partial charge in [-0.3, -0.25) is 0 Å². The van der Waals surface area contributed by atoms with Gasteiger partial charge in [-0.25, -0.2) is 4.98 Å². The minimum atomic E-state index is 0.508. The second kappa shape index (κ2) is 3.64. The van der Waals surface area contributed by atoms with Gasteiger partial charge in [-0.05, 0) is 24.4 Å². The van der Waals surface area contributed by atoms with E-state index in [0.29, 0.717) is 5.88 Å². The predicted molar refractivity (Wildman–Crippen MR) is 54.1 cm³/mol. The van der Waals surface area contributed by atoms with E-state index in [1.54, 1.807) is 6.20 Å². The summed E-state index contributed by atoms with van der Waals surface area (Å²) in [5, 5.41) is 2.06. The smallest absolute Gasteiger partial charge is 0.264 e. The summed E-state index contributed by atoms with van der Waals surface area (Å²) in [7, 11) is 1.47. The zero-order valence-electron chi connectivity index (χ0n) is 8.15. The largest absolute Gasteiger partial charge is 0.316 e. The molecule has 0 aliphatic rings. The van der Waals surface area contributed by atoms with E-state index >= 15 is 0 Å². The molecule has 1 aromatic carbocycles. The molecule has 14 heavy (non-hydrogen) atoms. The number of nitrogens with zero attached hydrogens (tertiary/aromatic N) is 1. The van der Waals surface area contributed by atoms with Gasteiger partial charge in [0.25, 0.3) is 5.88 Å². The van der Waals surface area contributed by atoms with Crippen molar-refractivity contribution in [1.82, 2.24) is 4.98 Å². The van der Waals surface area contributed by atoms with Crippen molar-refractivity contribution >= 4 is 10.8 Å². The summed E-state index contributed by atoms with van der Waals surface area (Å²) in [6, 6.07) is 8.06. The van der Waals surface area contributed by atoms with Crippen molar-refractivity contribution in [3.05, 3.63) is 36.0 Å². The van der Waals surface area contributed by atoms with Crippen molar-refractivity contribution in [3.8, 4) is 5.88 Å². The molecule has 0 saturated carbocycles. The Morgan fingerprint density at radius 2 is 2.07 bits per heavy atom. The lowest BCUT2D eigenvalue weighted by Gasteiger charge is -2.04. The monoisotopic (exact) mass is 189 g/mol. The minimum absolute atomic E-state index is 0.508. The van der Waals surface area contributed by atoms with Crippen molar-refractivity contribution < 1.29 is 9.78 Å². The Hall–Kier alpha value is -1.61. The van der Waals surface area contributed by atoms with Gasteiger partial charge in [-0.15, -0.1) is 0 Å². The highest BCUT2D eigenvalue weighted by Crippen LogP contribution is 2.23. The fourth-order valence-corrected chi connectivity index (χ4v) is 1.40. The van der Waals surface area contributed by atoms with E-state index in [2.05, 4.69) is 15.9 Å². The normalized spacial score (nSPS) is 10.4. The first-order chi connectivity index (χ1) is 6.81. The maximum atomic E-state index is 4.96. The summed E-state index contributed by atoms with van der Waals surface area (Å²) in [5.41, 5.74) is 1.17. The molecule has 0 saturated heterocycles. The van der Waals surface area contributed by atoms with Crippen LogP contribution in [0.25, 0.3) is 10.8 Å².